The van der Waals surface area contributed by atoms with Crippen LogP contribution in [0.4, 0.5) is 11.0 Å². The Labute approximate surface area is 166 Å². The van der Waals surface area contributed by atoms with E-state index in [2.05, 4.69) is 20.5 Å². The van der Waals surface area contributed by atoms with Gasteiger partial charge in [0.15, 0.2) is 15.9 Å². The Hall–Kier alpha value is -3.31. The maximum atomic E-state index is 12.1. The highest BCUT2D eigenvalue weighted by Gasteiger charge is 2.24. The Kier molecular flexibility index (Phi) is 4.75. The molecule has 11 heteroatoms. The summed E-state index contributed by atoms with van der Waals surface area (Å²) in [5, 5.41) is 22.3. The molecule has 0 aliphatic carbocycles. The Bertz CT molecular complexity index is 1130. The summed E-state index contributed by atoms with van der Waals surface area (Å²) in [7, 11) is 0. The predicted molar refractivity (Wildman–Crippen MR) is 106 cm³/mol. The van der Waals surface area contributed by atoms with Crippen LogP contribution in [0.15, 0.2) is 50.7 Å². The molecule has 2 aromatic heterocycles. The first kappa shape index (κ1) is 18.1. The average molecular weight is 413 g/mol. The predicted octanol–water partition coefficient (Wildman–Crippen LogP) is 3.91. The lowest BCUT2D eigenvalue weighted by molar-refractivity contribution is -0.401. The molecule has 3 heterocycles. The molecule has 0 bridgehead atoms. The molecule has 1 fully saturated rings. The molecule has 1 aliphatic rings. The number of hydrogen-bond acceptors (Lipinski definition) is 9. The zero-order chi connectivity index (χ0) is 19.7. The van der Waals surface area contributed by atoms with Gasteiger partial charge in [-0.1, -0.05) is 41.2 Å². The van der Waals surface area contributed by atoms with E-state index < -0.39 is 4.92 Å². The number of carbonyl (C=O) groups is 1. The summed E-state index contributed by atoms with van der Waals surface area (Å²) in [6.45, 7) is 2.00. The minimum absolute atomic E-state index is 0.235. The minimum Gasteiger partial charge on any atom is -0.398 e. The molecule has 28 heavy (non-hydrogen) atoms. The fourth-order valence-corrected chi connectivity index (χ4v) is 3.85. The van der Waals surface area contributed by atoms with Gasteiger partial charge in [-0.25, -0.2) is 0 Å². The van der Waals surface area contributed by atoms with Gasteiger partial charge in [0.25, 0.3) is 5.91 Å². The molecule has 0 spiro atoms. The zero-order valence-corrected chi connectivity index (χ0v) is 15.9. The number of hydrogen-bond donors (Lipinski definition) is 1. The molecule has 1 amide bonds. The van der Waals surface area contributed by atoms with Gasteiger partial charge in [-0.05, 0) is 36.4 Å². The van der Waals surface area contributed by atoms with Gasteiger partial charge in [-0.15, -0.1) is 10.2 Å². The maximum absolute atomic E-state index is 12.1. The van der Waals surface area contributed by atoms with Gasteiger partial charge in [0.2, 0.25) is 5.13 Å². The van der Waals surface area contributed by atoms with E-state index in [0.29, 0.717) is 20.2 Å². The Morgan fingerprint density at radius 3 is 2.71 bits per heavy atom. The molecule has 4 rings (SSSR count). The molecule has 1 N–H and O–H groups in total. The number of amidine groups is 1. The van der Waals surface area contributed by atoms with Crippen LogP contribution in [-0.2, 0) is 4.79 Å². The number of benzene rings is 1. The van der Waals surface area contributed by atoms with Crippen LogP contribution in [0, 0.1) is 17.0 Å². The quantitative estimate of drug-likeness (QED) is 0.391. The van der Waals surface area contributed by atoms with Crippen LogP contribution in [0.1, 0.15) is 11.1 Å². The highest BCUT2D eigenvalue weighted by molar-refractivity contribution is 8.18. The van der Waals surface area contributed by atoms with E-state index in [0.717, 1.165) is 22.5 Å². The zero-order valence-electron chi connectivity index (χ0n) is 14.3. The first-order valence-corrected chi connectivity index (χ1v) is 9.55. The fraction of sp³-hybridized carbons (Fsp3) is 0.0588. The second kappa shape index (κ2) is 7.37. The second-order valence-electron chi connectivity index (χ2n) is 5.68. The van der Waals surface area contributed by atoms with E-state index in [1.54, 1.807) is 6.08 Å². The van der Waals surface area contributed by atoms with Crippen LogP contribution >= 0.6 is 23.1 Å². The van der Waals surface area contributed by atoms with Gasteiger partial charge >= 0.3 is 5.88 Å². The van der Waals surface area contributed by atoms with Gasteiger partial charge in [-0.3, -0.25) is 14.9 Å². The Morgan fingerprint density at radius 1 is 1.21 bits per heavy atom. The molecule has 140 valence electrons. The third-order valence-corrected chi connectivity index (χ3v) is 5.36. The lowest BCUT2D eigenvalue weighted by atomic mass is 10.1. The summed E-state index contributed by atoms with van der Waals surface area (Å²) in [5.74, 6) is -0.378. The smallest absolute Gasteiger partial charge is 0.398 e. The molecule has 3 aromatic rings. The van der Waals surface area contributed by atoms with Gasteiger partial charge in [0.1, 0.15) is 4.92 Å². The summed E-state index contributed by atoms with van der Waals surface area (Å²) in [5.41, 5.74) is 2.06. The molecule has 0 radical (unpaired) electrons. The van der Waals surface area contributed by atoms with Crippen molar-refractivity contribution in [1.82, 2.24) is 15.5 Å². The van der Waals surface area contributed by atoms with Crippen molar-refractivity contribution in [1.29, 1.82) is 0 Å². The largest absolute Gasteiger partial charge is 0.433 e. The fourth-order valence-electron chi connectivity index (χ4n) is 2.28. The third-order valence-electron chi connectivity index (χ3n) is 3.62. The van der Waals surface area contributed by atoms with E-state index in [-0.39, 0.29) is 17.6 Å². The number of rotatable bonds is 4. The highest BCUT2D eigenvalue weighted by atomic mass is 32.2. The van der Waals surface area contributed by atoms with Gasteiger partial charge in [0, 0.05) is 0 Å². The highest BCUT2D eigenvalue weighted by Crippen LogP contribution is 2.33. The second-order valence-corrected chi connectivity index (χ2v) is 7.66. The topological polar surface area (TPSA) is 124 Å². The van der Waals surface area contributed by atoms with Crippen LogP contribution in [0.3, 0.4) is 0 Å². The molecular formula is C17H11N5O4S2. The van der Waals surface area contributed by atoms with Crippen molar-refractivity contribution in [2.75, 3.05) is 0 Å². The van der Waals surface area contributed by atoms with Crippen molar-refractivity contribution in [3.63, 3.8) is 0 Å². The number of amides is 1. The van der Waals surface area contributed by atoms with Crippen molar-refractivity contribution in [3.8, 4) is 10.8 Å². The van der Waals surface area contributed by atoms with E-state index in [4.69, 9.17) is 4.42 Å². The number of nitro groups is 1. The number of carbonyl (C=O) groups excluding carboxylic acids is 1. The average Bonchev–Trinajstić information content (AvgIpc) is 3.38. The van der Waals surface area contributed by atoms with Gasteiger partial charge in [-0.2, -0.15) is 4.99 Å². The number of aliphatic imine (C=N–C) groups is 1. The summed E-state index contributed by atoms with van der Waals surface area (Å²) in [6.07, 6.45) is 1.79. The number of nitrogens with zero attached hydrogens (tertiary/aromatic N) is 4. The van der Waals surface area contributed by atoms with E-state index in [1.807, 2.05) is 31.2 Å². The molecule has 0 unspecified atom stereocenters. The van der Waals surface area contributed by atoms with Crippen molar-refractivity contribution >= 4 is 51.3 Å². The SMILES string of the molecule is Cc1ccc(C=C2SC(=Nc3nnc(-c4ccc([N+](=O)[O-])o4)s3)NC2=O)cc1. The van der Waals surface area contributed by atoms with Crippen molar-refractivity contribution in [2.45, 2.75) is 6.92 Å². The lowest BCUT2D eigenvalue weighted by Gasteiger charge is -1.95. The van der Waals surface area contributed by atoms with E-state index in [9.17, 15) is 14.9 Å². The summed E-state index contributed by atoms with van der Waals surface area (Å²) in [6, 6.07) is 10.5. The number of nitrogens with one attached hydrogen (secondary N) is 1. The molecular weight excluding hydrogens is 402 g/mol. The minimum atomic E-state index is -0.627. The number of furan rings is 1. The monoisotopic (exact) mass is 413 g/mol. The van der Waals surface area contributed by atoms with Crippen molar-refractivity contribution in [3.05, 3.63) is 62.5 Å². The molecule has 0 atom stereocenters. The molecule has 1 aromatic carbocycles. The first-order chi connectivity index (χ1) is 13.5. The van der Waals surface area contributed by atoms with Gasteiger partial charge in [0.05, 0.1) is 11.0 Å². The number of aromatic nitrogens is 2. The van der Waals surface area contributed by atoms with Crippen LogP contribution < -0.4 is 5.32 Å². The third kappa shape index (κ3) is 3.85. The first-order valence-electron chi connectivity index (χ1n) is 7.92. The molecule has 0 saturated carbocycles. The summed E-state index contributed by atoms with van der Waals surface area (Å²) >= 11 is 2.30. The normalized spacial score (nSPS) is 16.7. The van der Waals surface area contributed by atoms with Gasteiger partial charge < -0.3 is 9.73 Å². The number of aryl methyl sites for hydroxylation is 1. The number of thioether (sulfide) groups is 1. The van der Waals surface area contributed by atoms with Crippen LogP contribution in [0.5, 0.6) is 0 Å². The molecule has 9 nitrogen and oxygen atoms in total. The maximum Gasteiger partial charge on any atom is 0.433 e. The summed E-state index contributed by atoms with van der Waals surface area (Å²) < 4.78 is 5.10. The van der Waals surface area contributed by atoms with Crippen molar-refractivity contribution in [2.24, 2.45) is 4.99 Å². The van der Waals surface area contributed by atoms with E-state index in [1.165, 1.54) is 23.9 Å². The Balaban J connectivity index is 1.52. The van der Waals surface area contributed by atoms with Crippen molar-refractivity contribution < 1.29 is 14.1 Å². The molecule has 1 saturated heterocycles. The van der Waals surface area contributed by atoms with Crippen LogP contribution in [0.2, 0.25) is 0 Å². The van der Waals surface area contributed by atoms with Crippen LogP contribution in [0.25, 0.3) is 16.8 Å². The standard InChI is InChI=1S/C17H11N5O4S2/c1-9-2-4-10(5-3-9)8-12-14(23)18-16(27-12)19-17-21-20-15(28-17)11-6-7-13(26-11)22(24)25/h2-8H,1H3,(H,18,19,21,23). The lowest BCUT2D eigenvalue weighted by Crippen LogP contribution is -2.19. The van der Waals surface area contributed by atoms with E-state index >= 15 is 0 Å². The molecule has 1 aliphatic heterocycles. The summed E-state index contributed by atoms with van der Waals surface area (Å²) in [4.78, 5) is 27.0. The Morgan fingerprint density at radius 2 is 2.00 bits per heavy atom. The van der Waals surface area contributed by atoms with Crippen LogP contribution in [-0.4, -0.2) is 26.2 Å².